The number of methoxy groups -OCH3 is 1. The van der Waals surface area contributed by atoms with Crippen LogP contribution in [0.25, 0.3) is 0 Å². The molecule has 1 aliphatic heterocycles. The van der Waals surface area contributed by atoms with Gasteiger partial charge in [0.1, 0.15) is 22.5 Å². The lowest BCUT2D eigenvalue weighted by molar-refractivity contribution is 0.0600. The number of hydrogen-bond acceptors (Lipinski definition) is 3. The largest absolute Gasteiger partial charge is 0.465 e. The minimum absolute atomic E-state index is 0.360. The fourth-order valence-corrected chi connectivity index (χ4v) is 5.14. The molecule has 1 heterocycles. The molecule has 0 amide bonds. The van der Waals surface area contributed by atoms with Gasteiger partial charge in [-0.15, -0.1) is 0 Å². The monoisotopic (exact) mass is 370 g/mol. The van der Waals surface area contributed by atoms with E-state index in [4.69, 9.17) is 4.74 Å². The first-order chi connectivity index (χ1) is 12.6. The molecule has 3 nitrogen and oxygen atoms in total. The van der Waals surface area contributed by atoms with Gasteiger partial charge in [0.2, 0.25) is 0 Å². The van der Waals surface area contributed by atoms with Gasteiger partial charge in [0.25, 0.3) is 0 Å². The van der Waals surface area contributed by atoms with Crippen LogP contribution >= 0.6 is 0 Å². The summed E-state index contributed by atoms with van der Waals surface area (Å²) in [7, 11) is 0.788. The third-order valence-electron chi connectivity index (χ3n) is 4.10. The van der Waals surface area contributed by atoms with Gasteiger partial charge in [-0.3, -0.25) is 0 Å². The van der Waals surface area contributed by atoms with Crippen LogP contribution in [0.1, 0.15) is 10.4 Å². The molecular formula is C20H14F2NO2S+. The Morgan fingerprint density at radius 2 is 1.42 bits per heavy atom. The number of esters is 1. The molecule has 3 aromatic rings. The van der Waals surface area contributed by atoms with Crippen LogP contribution < -0.4 is 5.32 Å². The molecule has 0 aromatic heterocycles. The second kappa shape index (κ2) is 6.46. The number of carbonyl (C=O) groups excluding carboxylic acids is 1. The van der Waals surface area contributed by atoms with Gasteiger partial charge >= 0.3 is 5.97 Å². The maximum Gasteiger partial charge on any atom is 0.337 e. The molecule has 1 N–H and O–H groups in total. The number of benzene rings is 3. The molecule has 0 bridgehead atoms. The van der Waals surface area contributed by atoms with E-state index in [1.807, 2.05) is 12.1 Å². The summed E-state index contributed by atoms with van der Waals surface area (Å²) in [5.74, 6) is -1.13. The van der Waals surface area contributed by atoms with Crippen LogP contribution in [0.3, 0.4) is 0 Å². The predicted molar refractivity (Wildman–Crippen MR) is 96.0 cm³/mol. The van der Waals surface area contributed by atoms with Crippen LogP contribution in [0.4, 0.5) is 20.2 Å². The summed E-state index contributed by atoms with van der Waals surface area (Å²) in [6, 6.07) is 16.2. The van der Waals surface area contributed by atoms with Crippen molar-refractivity contribution >= 4 is 28.2 Å². The molecule has 0 saturated carbocycles. The number of rotatable bonds is 2. The Kier molecular flexibility index (Phi) is 4.12. The minimum atomic E-state index is -0.546. The van der Waals surface area contributed by atoms with Gasteiger partial charge in [0.05, 0.1) is 24.0 Å². The fraction of sp³-hybridized carbons (Fsp3) is 0.0500. The van der Waals surface area contributed by atoms with Crippen molar-refractivity contribution in [3.63, 3.8) is 0 Å². The molecule has 0 aliphatic carbocycles. The Morgan fingerprint density at radius 1 is 0.885 bits per heavy atom. The van der Waals surface area contributed by atoms with Crippen LogP contribution in [-0.2, 0) is 15.6 Å². The molecular weight excluding hydrogens is 356 g/mol. The molecule has 0 spiro atoms. The smallest absolute Gasteiger partial charge is 0.337 e. The van der Waals surface area contributed by atoms with Crippen molar-refractivity contribution < 1.29 is 18.3 Å². The number of halogens is 2. The summed E-state index contributed by atoms with van der Waals surface area (Å²) in [6.45, 7) is 0. The lowest BCUT2D eigenvalue weighted by Crippen LogP contribution is -2.15. The van der Waals surface area contributed by atoms with Gasteiger partial charge in [-0.2, -0.15) is 0 Å². The summed E-state index contributed by atoms with van der Waals surface area (Å²) < 4.78 is 32.1. The number of carbonyl (C=O) groups is 1. The van der Waals surface area contributed by atoms with Gasteiger partial charge in [0, 0.05) is 12.1 Å². The Bertz CT molecular complexity index is 954. The highest BCUT2D eigenvalue weighted by molar-refractivity contribution is 7.97. The topological polar surface area (TPSA) is 38.3 Å². The summed E-state index contributed by atoms with van der Waals surface area (Å²) >= 11 is 0. The number of hydrogen-bond donors (Lipinski definition) is 1. The first kappa shape index (κ1) is 16.6. The van der Waals surface area contributed by atoms with Gasteiger partial charge in [-0.1, -0.05) is 0 Å². The van der Waals surface area contributed by atoms with E-state index in [2.05, 4.69) is 5.32 Å². The molecule has 0 fully saturated rings. The van der Waals surface area contributed by atoms with E-state index in [0.29, 0.717) is 16.9 Å². The Hall–Kier alpha value is -2.86. The van der Waals surface area contributed by atoms with E-state index in [1.165, 1.54) is 31.4 Å². The zero-order valence-electron chi connectivity index (χ0n) is 13.8. The normalized spacial score (nSPS) is 12.7. The first-order valence-corrected chi connectivity index (χ1v) is 9.08. The third-order valence-corrected chi connectivity index (χ3v) is 6.44. The lowest BCUT2D eigenvalue weighted by atomic mass is 10.2. The second-order valence-electron chi connectivity index (χ2n) is 5.73. The van der Waals surface area contributed by atoms with Crippen LogP contribution in [0.5, 0.6) is 0 Å². The molecule has 3 aromatic carbocycles. The minimum Gasteiger partial charge on any atom is -0.465 e. The van der Waals surface area contributed by atoms with Gasteiger partial charge < -0.3 is 10.1 Å². The number of nitrogens with one attached hydrogen (secondary N) is 1. The quantitative estimate of drug-likeness (QED) is 0.403. The SMILES string of the molecule is COC(=O)c1ccc([S+]2c3ccc(F)cc3Nc3cc(F)ccc32)cc1. The lowest BCUT2D eigenvalue weighted by Gasteiger charge is -2.21. The average Bonchev–Trinajstić information content (AvgIpc) is 2.65. The van der Waals surface area contributed by atoms with Crippen LogP contribution in [0.2, 0.25) is 0 Å². The standard InChI is InChI=1S/C20H14F2NO2S/c1-25-20(24)12-2-6-15(7-3-12)26-18-8-4-13(21)10-16(18)23-17-11-14(22)5-9-19(17)26/h2-11,23H,1H3/q+1. The van der Waals surface area contributed by atoms with Gasteiger partial charge in [0.15, 0.2) is 14.7 Å². The molecule has 26 heavy (non-hydrogen) atoms. The van der Waals surface area contributed by atoms with E-state index in [0.717, 1.165) is 14.7 Å². The highest BCUT2D eigenvalue weighted by Gasteiger charge is 2.38. The van der Waals surface area contributed by atoms with Crippen molar-refractivity contribution in [3.05, 3.63) is 77.9 Å². The molecule has 130 valence electrons. The zero-order valence-corrected chi connectivity index (χ0v) is 14.6. The fourth-order valence-electron chi connectivity index (χ4n) is 2.92. The Morgan fingerprint density at radius 3 is 1.92 bits per heavy atom. The van der Waals surface area contributed by atoms with E-state index in [1.54, 1.807) is 24.3 Å². The van der Waals surface area contributed by atoms with Crippen LogP contribution in [0.15, 0.2) is 75.4 Å². The molecule has 6 heteroatoms. The van der Waals surface area contributed by atoms with Crippen LogP contribution in [0, 0.1) is 11.6 Å². The van der Waals surface area contributed by atoms with Crippen molar-refractivity contribution in [1.82, 2.24) is 0 Å². The number of fused-ring (bicyclic) bond motifs is 2. The highest BCUT2D eigenvalue weighted by atomic mass is 32.2. The molecule has 1 aliphatic rings. The molecule has 0 radical (unpaired) electrons. The average molecular weight is 370 g/mol. The summed E-state index contributed by atoms with van der Waals surface area (Å²) in [6.07, 6.45) is 0. The first-order valence-electron chi connectivity index (χ1n) is 7.85. The summed E-state index contributed by atoms with van der Waals surface area (Å²) in [4.78, 5) is 14.4. The second-order valence-corrected chi connectivity index (χ2v) is 7.69. The van der Waals surface area contributed by atoms with Crippen molar-refractivity contribution in [3.8, 4) is 0 Å². The Labute approximate surface area is 152 Å². The van der Waals surface area contributed by atoms with E-state index >= 15 is 0 Å². The van der Waals surface area contributed by atoms with Crippen LogP contribution in [-0.4, -0.2) is 13.1 Å². The third kappa shape index (κ3) is 2.82. The highest BCUT2D eigenvalue weighted by Crippen LogP contribution is 2.44. The predicted octanol–water partition coefficient (Wildman–Crippen LogP) is 4.90. The van der Waals surface area contributed by atoms with Gasteiger partial charge in [-0.05, 0) is 48.5 Å². The van der Waals surface area contributed by atoms with Crippen molar-refractivity contribution in [2.45, 2.75) is 14.7 Å². The van der Waals surface area contributed by atoms with Crippen molar-refractivity contribution in [2.24, 2.45) is 0 Å². The number of anilines is 2. The maximum absolute atomic E-state index is 13.7. The molecule has 0 unspecified atom stereocenters. The Balaban J connectivity index is 1.86. The molecule has 4 rings (SSSR count). The summed E-state index contributed by atoms with van der Waals surface area (Å²) in [5, 5.41) is 3.11. The molecule has 0 saturated heterocycles. The van der Waals surface area contributed by atoms with Crippen molar-refractivity contribution in [2.75, 3.05) is 12.4 Å². The van der Waals surface area contributed by atoms with Gasteiger partial charge in [-0.25, -0.2) is 13.6 Å². The van der Waals surface area contributed by atoms with E-state index < -0.39 is 16.9 Å². The van der Waals surface area contributed by atoms with Crippen molar-refractivity contribution in [1.29, 1.82) is 0 Å². The molecule has 0 atom stereocenters. The number of ether oxygens (including phenoxy) is 1. The summed E-state index contributed by atoms with van der Waals surface area (Å²) in [5.41, 5.74) is 1.68. The van der Waals surface area contributed by atoms with E-state index in [-0.39, 0.29) is 11.6 Å². The van der Waals surface area contributed by atoms with E-state index in [9.17, 15) is 13.6 Å². The zero-order chi connectivity index (χ0) is 18.3. The maximum atomic E-state index is 13.7.